The minimum atomic E-state index is -0.803. The van der Waals surface area contributed by atoms with Gasteiger partial charge in [0.25, 0.3) is 0 Å². The van der Waals surface area contributed by atoms with Crippen LogP contribution in [0.15, 0.2) is 85.1 Å². The minimum absolute atomic E-state index is 0.0992. The second-order valence-electron chi connectivity index (χ2n) is 17.2. The Bertz CT molecular complexity index is 1240. The predicted molar refractivity (Wildman–Crippen MR) is 270 cm³/mol. The smallest absolute Gasteiger partial charge is 0.306 e. The van der Waals surface area contributed by atoms with Crippen molar-refractivity contribution in [3.63, 3.8) is 0 Å². The van der Waals surface area contributed by atoms with Crippen molar-refractivity contribution in [1.82, 2.24) is 0 Å². The summed E-state index contributed by atoms with van der Waals surface area (Å²) in [5, 5.41) is 0. The summed E-state index contributed by atoms with van der Waals surface area (Å²) in [6, 6.07) is 0. The number of carbonyl (C=O) groups is 3. The molecule has 0 bridgehead atoms. The van der Waals surface area contributed by atoms with Crippen molar-refractivity contribution in [2.45, 2.75) is 245 Å². The van der Waals surface area contributed by atoms with E-state index in [-0.39, 0.29) is 37.5 Å². The first kappa shape index (κ1) is 59.6. The van der Waals surface area contributed by atoms with Gasteiger partial charge in [-0.1, -0.05) is 221 Å². The Morgan fingerprint density at radius 2 is 0.651 bits per heavy atom. The quantitative estimate of drug-likeness (QED) is 0.0199. The molecule has 63 heavy (non-hydrogen) atoms. The lowest BCUT2D eigenvalue weighted by Gasteiger charge is -2.18. The lowest BCUT2D eigenvalue weighted by Crippen LogP contribution is -2.30. The van der Waals surface area contributed by atoms with Crippen molar-refractivity contribution >= 4 is 17.9 Å². The van der Waals surface area contributed by atoms with Crippen LogP contribution in [-0.4, -0.2) is 37.2 Å². The maximum absolute atomic E-state index is 12.8. The molecule has 0 N–H and O–H groups in total. The molecule has 6 nitrogen and oxygen atoms in total. The average Bonchev–Trinajstić information content (AvgIpc) is 3.28. The zero-order valence-corrected chi connectivity index (χ0v) is 41.1. The number of rotatable bonds is 46. The third kappa shape index (κ3) is 49.5. The van der Waals surface area contributed by atoms with Gasteiger partial charge >= 0.3 is 17.9 Å². The van der Waals surface area contributed by atoms with E-state index in [0.717, 1.165) is 77.0 Å². The summed E-state index contributed by atoms with van der Waals surface area (Å²) in [6.07, 6.45) is 65.7. The first-order chi connectivity index (χ1) is 31.0. The van der Waals surface area contributed by atoms with Crippen molar-refractivity contribution in [1.29, 1.82) is 0 Å². The molecule has 0 aliphatic carbocycles. The Kier molecular flexibility index (Phi) is 48.5. The molecule has 0 aromatic rings. The van der Waals surface area contributed by atoms with Gasteiger partial charge in [-0.25, -0.2) is 0 Å². The van der Waals surface area contributed by atoms with Crippen LogP contribution in [0.1, 0.15) is 239 Å². The van der Waals surface area contributed by atoms with E-state index in [2.05, 4.69) is 57.2 Å². The maximum Gasteiger partial charge on any atom is 0.306 e. The molecule has 0 saturated heterocycles. The summed E-state index contributed by atoms with van der Waals surface area (Å²) in [7, 11) is 0. The molecule has 0 aliphatic rings. The standard InChI is InChI=1S/C57H96O6/c1-4-7-10-13-16-19-22-24-26-27-28-29-31-32-35-38-41-44-47-50-56(59)62-53-54(52-61-55(58)49-46-43-40-37-34-21-18-15-12-9-6-3)63-57(60)51-48-45-42-39-36-33-30-25-23-20-17-14-11-8-5-2/h8,11,14-15,17-18,20,23,25,27-28,30,33,36,54H,4-7,9-10,12-13,16,19,21-22,24,26,29,31-32,34-35,37-53H2,1-3H3/b11-8-,17-14-,18-15-,23-20-,28-27-,30-25-,36-33-. The van der Waals surface area contributed by atoms with E-state index < -0.39 is 6.10 Å². The molecule has 0 rings (SSSR count). The molecular formula is C57H96O6. The van der Waals surface area contributed by atoms with Gasteiger partial charge in [0.15, 0.2) is 6.10 Å². The van der Waals surface area contributed by atoms with Crippen LogP contribution in [0, 0.1) is 0 Å². The molecule has 0 amide bonds. The summed E-state index contributed by atoms with van der Waals surface area (Å²) in [4.78, 5) is 37.9. The van der Waals surface area contributed by atoms with E-state index in [1.54, 1.807) is 0 Å². The second kappa shape index (κ2) is 51.2. The maximum atomic E-state index is 12.8. The normalized spacial score (nSPS) is 12.7. The van der Waals surface area contributed by atoms with E-state index in [9.17, 15) is 14.4 Å². The molecule has 0 spiro atoms. The molecule has 0 radical (unpaired) electrons. The lowest BCUT2D eigenvalue weighted by molar-refractivity contribution is -0.167. The van der Waals surface area contributed by atoms with E-state index in [4.69, 9.17) is 14.2 Å². The van der Waals surface area contributed by atoms with Gasteiger partial charge in [0.2, 0.25) is 0 Å². The fourth-order valence-electron chi connectivity index (χ4n) is 7.03. The first-order valence-electron chi connectivity index (χ1n) is 26.2. The highest BCUT2D eigenvalue weighted by Crippen LogP contribution is 2.14. The highest BCUT2D eigenvalue weighted by atomic mass is 16.6. The van der Waals surface area contributed by atoms with Gasteiger partial charge in [0, 0.05) is 19.3 Å². The van der Waals surface area contributed by atoms with E-state index >= 15 is 0 Å². The summed E-state index contributed by atoms with van der Waals surface area (Å²) in [5.41, 5.74) is 0. The van der Waals surface area contributed by atoms with Gasteiger partial charge in [-0.2, -0.15) is 0 Å². The van der Waals surface area contributed by atoms with E-state index in [1.165, 1.54) is 116 Å². The Balaban J connectivity index is 4.42. The van der Waals surface area contributed by atoms with Crippen LogP contribution in [-0.2, 0) is 28.6 Å². The lowest BCUT2D eigenvalue weighted by atomic mass is 10.1. The number of hydrogen-bond donors (Lipinski definition) is 0. The van der Waals surface area contributed by atoms with Crippen molar-refractivity contribution in [2.75, 3.05) is 13.2 Å². The van der Waals surface area contributed by atoms with Crippen LogP contribution < -0.4 is 0 Å². The zero-order chi connectivity index (χ0) is 45.8. The molecule has 0 fully saturated rings. The highest BCUT2D eigenvalue weighted by Gasteiger charge is 2.19. The molecule has 1 unspecified atom stereocenters. The molecule has 0 aromatic carbocycles. The van der Waals surface area contributed by atoms with Gasteiger partial charge in [-0.15, -0.1) is 0 Å². The van der Waals surface area contributed by atoms with Crippen LogP contribution in [0.3, 0.4) is 0 Å². The van der Waals surface area contributed by atoms with Crippen LogP contribution in [0.25, 0.3) is 0 Å². The Morgan fingerprint density at radius 3 is 1.08 bits per heavy atom. The Morgan fingerprint density at radius 1 is 0.333 bits per heavy atom. The van der Waals surface area contributed by atoms with Crippen LogP contribution in [0.5, 0.6) is 0 Å². The van der Waals surface area contributed by atoms with Crippen LogP contribution >= 0.6 is 0 Å². The van der Waals surface area contributed by atoms with Crippen molar-refractivity contribution in [3.8, 4) is 0 Å². The van der Waals surface area contributed by atoms with Gasteiger partial charge in [0.1, 0.15) is 13.2 Å². The van der Waals surface area contributed by atoms with Crippen LogP contribution in [0.2, 0.25) is 0 Å². The third-order valence-electron chi connectivity index (χ3n) is 11.0. The second-order valence-corrected chi connectivity index (χ2v) is 17.2. The molecule has 1 atom stereocenters. The van der Waals surface area contributed by atoms with Crippen molar-refractivity contribution in [3.05, 3.63) is 85.1 Å². The third-order valence-corrected chi connectivity index (χ3v) is 11.0. The number of ether oxygens (including phenoxy) is 3. The fourth-order valence-corrected chi connectivity index (χ4v) is 7.03. The molecule has 360 valence electrons. The van der Waals surface area contributed by atoms with Crippen molar-refractivity contribution in [2.24, 2.45) is 0 Å². The monoisotopic (exact) mass is 877 g/mol. The predicted octanol–water partition coefficient (Wildman–Crippen LogP) is 17.2. The largest absolute Gasteiger partial charge is 0.462 e. The van der Waals surface area contributed by atoms with Gasteiger partial charge < -0.3 is 14.2 Å². The SMILES string of the molecule is CC\C=C/C=C\C=C/C=C\C=C/CCCCCC(=O)OC(COC(=O)CCCCCCC/C=C\CCCC)COC(=O)CCCCCCCCC/C=C\CCCCCCCCCC. The fraction of sp³-hybridized carbons (Fsp3) is 0.702. The topological polar surface area (TPSA) is 78.9 Å². The highest BCUT2D eigenvalue weighted by molar-refractivity contribution is 5.71. The van der Waals surface area contributed by atoms with Gasteiger partial charge in [-0.05, 0) is 83.5 Å². The van der Waals surface area contributed by atoms with E-state index in [1.807, 2.05) is 48.6 Å². The number of unbranched alkanes of at least 4 members (excludes halogenated alkanes) is 25. The van der Waals surface area contributed by atoms with Crippen molar-refractivity contribution < 1.29 is 28.6 Å². The summed E-state index contributed by atoms with van der Waals surface area (Å²) in [5.74, 6) is -0.956. The van der Waals surface area contributed by atoms with Crippen LogP contribution in [0.4, 0.5) is 0 Å². The Hall–Kier alpha value is -3.41. The number of carbonyl (C=O) groups excluding carboxylic acids is 3. The molecule has 0 aliphatic heterocycles. The molecule has 0 saturated carbocycles. The minimum Gasteiger partial charge on any atom is -0.462 e. The zero-order valence-electron chi connectivity index (χ0n) is 41.1. The summed E-state index contributed by atoms with van der Waals surface area (Å²) in [6.45, 7) is 6.41. The molecule has 0 aromatic heterocycles. The van der Waals surface area contributed by atoms with Gasteiger partial charge in [-0.3, -0.25) is 14.4 Å². The number of allylic oxidation sites excluding steroid dienone is 14. The van der Waals surface area contributed by atoms with Gasteiger partial charge in [0.05, 0.1) is 0 Å². The molecular weight excluding hydrogens is 781 g/mol. The average molecular weight is 877 g/mol. The molecule has 0 heterocycles. The Labute approximate surface area is 388 Å². The first-order valence-corrected chi connectivity index (χ1v) is 26.2. The molecule has 6 heteroatoms. The van der Waals surface area contributed by atoms with E-state index in [0.29, 0.717) is 19.3 Å². The number of esters is 3. The number of hydrogen-bond acceptors (Lipinski definition) is 6. The summed E-state index contributed by atoms with van der Waals surface area (Å²) < 4.78 is 16.7. The summed E-state index contributed by atoms with van der Waals surface area (Å²) >= 11 is 0.